The molecule has 0 bridgehead atoms. The van der Waals surface area contributed by atoms with E-state index in [9.17, 15) is 0 Å². The average Bonchev–Trinajstić information content (AvgIpc) is 2.14. The SMILES string of the molecule is CCCC(N)C1(c2cc(C)cc(Cl)c2)CCC1. The van der Waals surface area contributed by atoms with E-state index in [1.165, 1.54) is 30.4 Å². The molecule has 94 valence electrons. The van der Waals surface area contributed by atoms with Gasteiger partial charge < -0.3 is 5.73 Å². The van der Waals surface area contributed by atoms with Gasteiger partial charge >= 0.3 is 0 Å². The summed E-state index contributed by atoms with van der Waals surface area (Å²) in [7, 11) is 0. The lowest BCUT2D eigenvalue weighted by Crippen LogP contribution is -2.50. The molecule has 2 rings (SSSR count). The van der Waals surface area contributed by atoms with Crippen LogP contribution in [-0.4, -0.2) is 6.04 Å². The largest absolute Gasteiger partial charge is 0.327 e. The molecule has 0 aromatic heterocycles. The van der Waals surface area contributed by atoms with Gasteiger partial charge in [0.2, 0.25) is 0 Å². The molecular formula is C15H22ClN. The van der Waals surface area contributed by atoms with E-state index in [1.807, 2.05) is 6.07 Å². The molecule has 1 aliphatic rings. The molecule has 0 radical (unpaired) electrons. The zero-order chi connectivity index (χ0) is 12.5. The Labute approximate surface area is 109 Å². The third kappa shape index (κ3) is 2.36. The summed E-state index contributed by atoms with van der Waals surface area (Å²) >= 11 is 6.18. The highest BCUT2D eigenvalue weighted by atomic mass is 35.5. The van der Waals surface area contributed by atoms with Crippen molar-refractivity contribution in [3.8, 4) is 0 Å². The van der Waals surface area contributed by atoms with Crippen molar-refractivity contribution in [1.82, 2.24) is 0 Å². The number of hydrogen-bond acceptors (Lipinski definition) is 1. The van der Waals surface area contributed by atoms with Crippen molar-refractivity contribution in [2.45, 2.75) is 57.4 Å². The summed E-state index contributed by atoms with van der Waals surface area (Å²) in [6, 6.07) is 6.67. The highest BCUT2D eigenvalue weighted by molar-refractivity contribution is 6.30. The highest BCUT2D eigenvalue weighted by Crippen LogP contribution is 2.47. The van der Waals surface area contributed by atoms with E-state index in [-0.39, 0.29) is 11.5 Å². The summed E-state index contributed by atoms with van der Waals surface area (Å²) in [6.07, 6.45) is 5.99. The second-order valence-electron chi connectivity index (χ2n) is 5.42. The summed E-state index contributed by atoms with van der Waals surface area (Å²) in [5.74, 6) is 0. The lowest BCUT2D eigenvalue weighted by Gasteiger charge is -2.47. The average molecular weight is 252 g/mol. The zero-order valence-electron chi connectivity index (χ0n) is 10.8. The van der Waals surface area contributed by atoms with Crippen LogP contribution in [0.5, 0.6) is 0 Å². The van der Waals surface area contributed by atoms with Gasteiger partial charge in [-0.2, -0.15) is 0 Å². The molecule has 17 heavy (non-hydrogen) atoms. The predicted molar refractivity (Wildman–Crippen MR) is 74.6 cm³/mol. The van der Waals surface area contributed by atoms with Crippen LogP contribution in [0, 0.1) is 6.92 Å². The summed E-state index contributed by atoms with van der Waals surface area (Å²) in [6.45, 7) is 4.31. The van der Waals surface area contributed by atoms with E-state index in [2.05, 4.69) is 26.0 Å². The Balaban J connectivity index is 2.34. The number of hydrogen-bond donors (Lipinski definition) is 1. The van der Waals surface area contributed by atoms with Crippen LogP contribution >= 0.6 is 11.6 Å². The minimum absolute atomic E-state index is 0.200. The first-order valence-electron chi connectivity index (χ1n) is 6.62. The van der Waals surface area contributed by atoms with Crippen LogP contribution in [0.1, 0.15) is 50.2 Å². The Bertz CT molecular complexity index is 376. The van der Waals surface area contributed by atoms with E-state index in [0.717, 1.165) is 17.9 Å². The normalized spacial score (nSPS) is 19.8. The molecule has 1 fully saturated rings. The summed E-state index contributed by atoms with van der Waals surface area (Å²) < 4.78 is 0. The Morgan fingerprint density at radius 1 is 1.35 bits per heavy atom. The summed E-state index contributed by atoms with van der Waals surface area (Å²) in [4.78, 5) is 0. The van der Waals surface area contributed by atoms with E-state index < -0.39 is 0 Å². The number of benzene rings is 1. The van der Waals surface area contributed by atoms with Crippen LogP contribution in [0.15, 0.2) is 18.2 Å². The fourth-order valence-electron chi connectivity index (χ4n) is 3.04. The molecule has 0 amide bonds. The van der Waals surface area contributed by atoms with Crippen LogP contribution in [0.2, 0.25) is 5.02 Å². The lowest BCUT2D eigenvalue weighted by molar-refractivity contribution is 0.187. The van der Waals surface area contributed by atoms with Crippen molar-refractivity contribution < 1.29 is 0 Å². The molecule has 0 aliphatic heterocycles. The molecule has 1 aliphatic carbocycles. The molecule has 1 unspecified atom stereocenters. The maximum Gasteiger partial charge on any atom is 0.0411 e. The first kappa shape index (κ1) is 12.9. The summed E-state index contributed by atoms with van der Waals surface area (Å²) in [5, 5.41) is 0.843. The Morgan fingerprint density at radius 3 is 2.53 bits per heavy atom. The Hall–Kier alpha value is -0.530. The second kappa shape index (κ2) is 4.99. The minimum atomic E-state index is 0.200. The zero-order valence-corrected chi connectivity index (χ0v) is 11.6. The molecule has 1 aromatic rings. The molecule has 1 saturated carbocycles. The van der Waals surface area contributed by atoms with Crippen LogP contribution in [0.4, 0.5) is 0 Å². The van der Waals surface area contributed by atoms with E-state index >= 15 is 0 Å². The number of aryl methyl sites for hydroxylation is 1. The van der Waals surface area contributed by atoms with Crippen LogP contribution in [0.25, 0.3) is 0 Å². The van der Waals surface area contributed by atoms with Gasteiger partial charge in [-0.15, -0.1) is 0 Å². The van der Waals surface area contributed by atoms with Gasteiger partial charge in [-0.25, -0.2) is 0 Å². The van der Waals surface area contributed by atoms with Crippen molar-refractivity contribution in [3.05, 3.63) is 34.3 Å². The van der Waals surface area contributed by atoms with Crippen LogP contribution in [-0.2, 0) is 5.41 Å². The van der Waals surface area contributed by atoms with Crippen molar-refractivity contribution in [3.63, 3.8) is 0 Å². The standard InChI is InChI=1S/C15H22ClN/c1-3-5-14(17)15(6-4-7-15)12-8-11(2)9-13(16)10-12/h8-10,14H,3-7,17H2,1-2H3. The molecule has 1 aromatic carbocycles. The Morgan fingerprint density at radius 2 is 2.06 bits per heavy atom. The van der Waals surface area contributed by atoms with Gasteiger partial charge in [-0.1, -0.05) is 37.4 Å². The molecule has 0 saturated heterocycles. The van der Waals surface area contributed by atoms with Crippen molar-refractivity contribution in [2.75, 3.05) is 0 Å². The smallest absolute Gasteiger partial charge is 0.0411 e. The van der Waals surface area contributed by atoms with Crippen LogP contribution in [0.3, 0.4) is 0 Å². The molecule has 0 heterocycles. The van der Waals surface area contributed by atoms with E-state index in [0.29, 0.717) is 0 Å². The number of halogens is 1. The highest BCUT2D eigenvalue weighted by Gasteiger charge is 2.43. The molecule has 2 N–H and O–H groups in total. The number of nitrogens with two attached hydrogens (primary N) is 1. The first-order chi connectivity index (χ1) is 8.08. The van der Waals surface area contributed by atoms with Crippen LogP contribution < -0.4 is 5.73 Å². The second-order valence-corrected chi connectivity index (χ2v) is 5.86. The van der Waals surface area contributed by atoms with Gasteiger partial charge in [0.1, 0.15) is 0 Å². The molecule has 1 atom stereocenters. The predicted octanol–water partition coefficient (Wildman–Crippen LogP) is 4.20. The minimum Gasteiger partial charge on any atom is -0.327 e. The number of rotatable bonds is 4. The van der Waals surface area contributed by atoms with Gasteiger partial charge in [0.15, 0.2) is 0 Å². The van der Waals surface area contributed by atoms with E-state index in [4.69, 9.17) is 17.3 Å². The fourth-order valence-corrected chi connectivity index (χ4v) is 3.33. The molecular weight excluding hydrogens is 230 g/mol. The monoisotopic (exact) mass is 251 g/mol. The van der Waals surface area contributed by atoms with Gasteiger partial charge in [0, 0.05) is 16.5 Å². The van der Waals surface area contributed by atoms with Crippen molar-refractivity contribution in [2.24, 2.45) is 5.73 Å². The van der Waals surface area contributed by atoms with Gasteiger partial charge in [-0.3, -0.25) is 0 Å². The third-order valence-corrected chi connectivity index (χ3v) is 4.39. The molecule has 2 heteroatoms. The summed E-state index contributed by atoms with van der Waals surface area (Å²) in [5.41, 5.74) is 9.21. The van der Waals surface area contributed by atoms with E-state index in [1.54, 1.807) is 0 Å². The maximum atomic E-state index is 6.41. The topological polar surface area (TPSA) is 26.0 Å². The van der Waals surface area contributed by atoms with Crippen molar-refractivity contribution >= 4 is 11.6 Å². The maximum absolute atomic E-state index is 6.41. The molecule has 1 nitrogen and oxygen atoms in total. The lowest BCUT2D eigenvalue weighted by atomic mass is 9.59. The van der Waals surface area contributed by atoms with Gasteiger partial charge in [0.25, 0.3) is 0 Å². The Kier molecular flexibility index (Phi) is 3.79. The fraction of sp³-hybridized carbons (Fsp3) is 0.600. The first-order valence-corrected chi connectivity index (χ1v) is 6.99. The van der Waals surface area contributed by atoms with Crippen molar-refractivity contribution in [1.29, 1.82) is 0 Å². The van der Waals surface area contributed by atoms with Gasteiger partial charge in [0.05, 0.1) is 0 Å². The van der Waals surface area contributed by atoms with Gasteiger partial charge in [-0.05, 0) is 49.4 Å². The molecule has 0 spiro atoms. The third-order valence-electron chi connectivity index (χ3n) is 4.17. The quantitative estimate of drug-likeness (QED) is 0.853.